The zero-order chi connectivity index (χ0) is 19.0. The van der Waals surface area contributed by atoms with Crippen LogP contribution in [0.25, 0.3) is 10.9 Å². The maximum Gasteiger partial charge on any atom is 0.145 e. The third-order valence-electron chi connectivity index (χ3n) is 4.71. The van der Waals surface area contributed by atoms with Crippen LogP contribution in [0.2, 0.25) is 5.02 Å². The van der Waals surface area contributed by atoms with E-state index >= 15 is 0 Å². The van der Waals surface area contributed by atoms with Crippen molar-refractivity contribution < 1.29 is 9.13 Å². The SMILES string of the molecule is CC(C)N1CC(Oc2cccc3ncnc(Nc4ccc(F)c(Cl)c4)c23)C1. The zero-order valence-corrected chi connectivity index (χ0v) is 15.9. The summed E-state index contributed by atoms with van der Waals surface area (Å²) in [5.41, 5.74) is 1.42. The van der Waals surface area contributed by atoms with E-state index in [1.54, 1.807) is 6.07 Å². The normalized spacial score (nSPS) is 15.1. The van der Waals surface area contributed by atoms with Crippen LogP contribution < -0.4 is 10.1 Å². The molecule has 0 amide bonds. The van der Waals surface area contributed by atoms with Gasteiger partial charge in [0, 0.05) is 24.8 Å². The van der Waals surface area contributed by atoms with E-state index in [1.807, 2.05) is 18.2 Å². The van der Waals surface area contributed by atoms with Crippen molar-refractivity contribution in [3.8, 4) is 5.75 Å². The minimum absolute atomic E-state index is 0.0538. The molecule has 0 spiro atoms. The van der Waals surface area contributed by atoms with Gasteiger partial charge in [0.2, 0.25) is 0 Å². The van der Waals surface area contributed by atoms with Crippen molar-refractivity contribution >= 4 is 34.0 Å². The van der Waals surface area contributed by atoms with E-state index in [4.69, 9.17) is 16.3 Å². The molecule has 0 radical (unpaired) electrons. The van der Waals surface area contributed by atoms with Gasteiger partial charge >= 0.3 is 0 Å². The quantitative estimate of drug-likeness (QED) is 0.692. The van der Waals surface area contributed by atoms with Crippen molar-refractivity contribution in [2.75, 3.05) is 18.4 Å². The van der Waals surface area contributed by atoms with E-state index in [-0.39, 0.29) is 11.1 Å². The van der Waals surface area contributed by atoms with Gasteiger partial charge in [-0.05, 0) is 44.2 Å². The molecule has 1 aromatic heterocycles. The molecule has 1 saturated heterocycles. The van der Waals surface area contributed by atoms with Crippen LogP contribution >= 0.6 is 11.6 Å². The minimum atomic E-state index is -0.460. The number of likely N-dealkylation sites (tertiary alicyclic amines) is 1. The molecule has 140 valence electrons. The van der Waals surface area contributed by atoms with E-state index in [9.17, 15) is 4.39 Å². The molecule has 5 nitrogen and oxygen atoms in total. The standard InChI is InChI=1S/C20H20ClFN4O/c1-12(2)26-9-14(10-26)27-18-5-3-4-17-19(18)20(24-11-23-17)25-13-6-7-16(22)15(21)8-13/h3-8,11-12,14H,9-10H2,1-2H3,(H,23,24,25). The van der Waals surface area contributed by atoms with Crippen LogP contribution in [0.1, 0.15) is 13.8 Å². The first-order chi connectivity index (χ1) is 13.0. The van der Waals surface area contributed by atoms with Crippen LogP contribution in [-0.4, -0.2) is 40.1 Å². The lowest BCUT2D eigenvalue weighted by atomic mass is 10.1. The summed E-state index contributed by atoms with van der Waals surface area (Å²) in [6.07, 6.45) is 1.63. The maximum absolute atomic E-state index is 13.4. The summed E-state index contributed by atoms with van der Waals surface area (Å²) in [4.78, 5) is 11.1. The molecular formula is C20H20ClFN4O. The Morgan fingerprint density at radius 3 is 2.78 bits per heavy atom. The van der Waals surface area contributed by atoms with Crippen LogP contribution in [0, 0.1) is 5.82 Å². The number of hydrogen-bond acceptors (Lipinski definition) is 5. The summed E-state index contributed by atoms with van der Waals surface area (Å²) in [6.45, 7) is 6.16. The van der Waals surface area contributed by atoms with Gasteiger partial charge in [0.05, 0.1) is 15.9 Å². The van der Waals surface area contributed by atoms with E-state index in [0.717, 1.165) is 29.7 Å². The summed E-state index contributed by atoms with van der Waals surface area (Å²) in [6, 6.07) is 10.7. The van der Waals surface area contributed by atoms with E-state index in [1.165, 1.54) is 18.5 Å². The molecule has 0 unspecified atom stereocenters. The molecule has 1 N–H and O–H groups in total. The minimum Gasteiger partial charge on any atom is -0.487 e. The smallest absolute Gasteiger partial charge is 0.145 e. The zero-order valence-electron chi connectivity index (χ0n) is 15.1. The van der Waals surface area contributed by atoms with Crippen LogP contribution in [0.15, 0.2) is 42.7 Å². The van der Waals surface area contributed by atoms with Gasteiger partial charge in [-0.1, -0.05) is 17.7 Å². The molecule has 0 bridgehead atoms. The third kappa shape index (κ3) is 3.68. The number of hydrogen-bond donors (Lipinski definition) is 1. The average molecular weight is 387 g/mol. The number of halogens is 2. The van der Waals surface area contributed by atoms with Crippen molar-refractivity contribution in [3.63, 3.8) is 0 Å². The highest BCUT2D eigenvalue weighted by Gasteiger charge is 2.30. The number of nitrogens with one attached hydrogen (secondary N) is 1. The molecule has 1 aliphatic heterocycles. The molecule has 7 heteroatoms. The predicted molar refractivity (Wildman–Crippen MR) is 105 cm³/mol. The Morgan fingerprint density at radius 2 is 2.04 bits per heavy atom. The Hall–Kier alpha value is -2.44. The monoisotopic (exact) mass is 386 g/mol. The Bertz CT molecular complexity index is 970. The summed E-state index contributed by atoms with van der Waals surface area (Å²) in [7, 11) is 0. The number of nitrogens with zero attached hydrogens (tertiary/aromatic N) is 3. The lowest BCUT2D eigenvalue weighted by Gasteiger charge is -2.41. The lowest BCUT2D eigenvalue weighted by molar-refractivity contribution is 0.000990. The van der Waals surface area contributed by atoms with E-state index in [2.05, 4.69) is 34.0 Å². The fraction of sp³-hybridized carbons (Fsp3) is 0.300. The molecule has 0 aliphatic carbocycles. The van der Waals surface area contributed by atoms with Gasteiger partial charge in [-0.25, -0.2) is 14.4 Å². The molecule has 1 aliphatic rings. The van der Waals surface area contributed by atoms with E-state index in [0.29, 0.717) is 17.5 Å². The fourth-order valence-electron chi connectivity index (χ4n) is 3.13. The van der Waals surface area contributed by atoms with Crippen molar-refractivity contribution in [3.05, 3.63) is 53.6 Å². The molecule has 0 atom stereocenters. The predicted octanol–water partition coefficient (Wildman–Crippen LogP) is 4.64. The van der Waals surface area contributed by atoms with Gasteiger partial charge in [-0.2, -0.15) is 0 Å². The largest absolute Gasteiger partial charge is 0.487 e. The van der Waals surface area contributed by atoms with E-state index < -0.39 is 5.82 Å². The molecule has 0 saturated carbocycles. The number of ether oxygens (including phenoxy) is 1. The first-order valence-corrected chi connectivity index (χ1v) is 9.25. The number of aromatic nitrogens is 2. The number of rotatable bonds is 5. The van der Waals surface area contributed by atoms with Crippen molar-refractivity contribution in [2.24, 2.45) is 0 Å². The molecule has 2 aromatic carbocycles. The topological polar surface area (TPSA) is 50.3 Å². The Kier molecular flexibility index (Phi) is 4.85. The second-order valence-corrected chi connectivity index (χ2v) is 7.32. The molecule has 1 fully saturated rings. The first-order valence-electron chi connectivity index (χ1n) is 8.88. The van der Waals surface area contributed by atoms with Gasteiger partial charge in [-0.3, -0.25) is 4.90 Å². The van der Waals surface area contributed by atoms with Crippen molar-refractivity contribution in [1.82, 2.24) is 14.9 Å². The molecule has 4 rings (SSSR count). The average Bonchev–Trinajstić information content (AvgIpc) is 2.60. The molecule has 27 heavy (non-hydrogen) atoms. The number of fused-ring (bicyclic) bond motifs is 1. The second-order valence-electron chi connectivity index (χ2n) is 6.91. The fourth-order valence-corrected chi connectivity index (χ4v) is 3.31. The van der Waals surface area contributed by atoms with Gasteiger partial charge in [0.1, 0.15) is 29.8 Å². The summed E-state index contributed by atoms with van der Waals surface area (Å²) in [5.74, 6) is 0.869. The van der Waals surface area contributed by atoms with Crippen LogP contribution in [0.4, 0.5) is 15.9 Å². The van der Waals surface area contributed by atoms with Crippen LogP contribution in [-0.2, 0) is 0 Å². The van der Waals surface area contributed by atoms with Gasteiger partial charge in [0.15, 0.2) is 0 Å². The summed E-state index contributed by atoms with van der Waals surface area (Å²) >= 11 is 5.89. The lowest BCUT2D eigenvalue weighted by Crippen LogP contribution is -2.56. The number of benzene rings is 2. The van der Waals surface area contributed by atoms with Gasteiger partial charge in [-0.15, -0.1) is 0 Å². The van der Waals surface area contributed by atoms with Crippen LogP contribution in [0.5, 0.6) is 5.75 Å². The number of anilines is 2. The van der Waals surface area contributed by atoms with Gasteiger partial charge < -0.3 is 10.1 Å². The maximum atomic E-state index is 13.4. The first kappa shape index (κ1) is 17.9. The third-order valence-corrected chi connectivity index (χ3v) is 5.00. The Balaban J connectivity index is 1.64. The highest BCUT2D eigenvalue weighted by Crippen LogP contribution is 2.33. The van der Waals surface area contributed by atoms with Crippen molar-refractivity contribution in [2.45, 2.75) is 26.0 Å². The summed E-state index contributed by atoms with van der Waals surface area (Å²) < 4.78 is 19.6. The highest BCUT2D eigenvalue weighted by molar-refractivity contribution is 6.31. The highest BCUT2D eigenvalue weighted by atomic mass is 35.5. The van der Waals surface area contributed by atoms with Crippen molar-refractivity contribution in [1.29, 1.82) is 0 Å². The molecule has 2 heterocycles. The van der Waals surface area contributed by atoms with Crippen LogP contribution in [0.3, 0.4) is 0 Å². The molecular weight excluding hydrogens is 367 g/mol. The Morgan fingerprint density at radius 1 is 1.22 bits per heavy atom. The second kappa shape index (κ2) is 7.29. The Labute approximate surface area is 162 Å². The molecule has 3 aromatic rings. The summed E-state index contributed by atoms with van der Waals surface area (Å²) in [5, 5.41) is 4.05. The van der Waals surface area contributed by atoms with Gasteiger partial charge in [0.25, 0.3) is 0 Å².